The van der Waals surface area contributed by atoms with Crippen molar-refractivity contribution in [1.29, 1.82) is 5.26 Å². The standard InChI is InChI=1S/C18H22N2O/c19-12-17(15-7-2-1-3-8-15)18(21)20-11-10-14-6-4-5-9-16(14)13-20/h1-3,7-8,14,16-17H,4-6,9-11,13H2. The molecule has 1 amide bonds. The summed E-state index contributed by atoms with van der Waals surface area (Å²) in [5.41, 5.74) is 0.816. The highest BCUT2D eigenvalue weighted by Crippen LogP contribution is 2.36. The zero-order chi connectivity index (χ0) is 14.7. The van der Waals surface area contributed by atoms with Crippen LogP contribution in [0.2, 0.25) is 0 Å². The molecular weight excluding hydrogens is 260 g/mol. The molecule has 0 bridgehead atoms. The predicted octanol–water partition coefficient (Wildman–Crippen LogP) is 3.33. The summed E-state index contributed by atoms with van der Waals surface area (Å²) >= 11 is 0. The first kappa shape index (κ1) is 14.1. The van der Waals surface area contributed by atoms with Crippen molar-refractivity contribution >= 4 is 5.91 Å². The number of rotatable bonds is 2. The number of likely N-dealkylation sites (tertiary alicyclic amines) is 1. The molecular formula is C18H22N2O. The maximum Gasteiger partial charge on any atom is 0.244 e. The number of hydrogen-bond donors (Lipinski definition) is 0. The van der Waals surface area contributed by atoms with E-state index < -0.39 is 5.92 Å². The van der Waals surface area contributed by atoms with Crippen molar-refractivity contribution in [3.05, 3.63) is 35.9 Å². The molecule has 3 nitrogen and oxygen atoms in total. The number of carbonyl (C=O) groups is 1. The minimum atomic E-state index is -0.647. The van der Waals surface area contributed by atoms with Crippen molar-refractivity contribution in [2.24, 2.45) is 11.8 Å². The quantitative estimate of drug-likeness (QED) is 0.835. The van der Waals surface area contributed by atoms with E-state index in [1.165, 1.54) is 25.7 Å². The fourth-order valence-electron chi connectivity index (χ4n) is 3.90. The van der Waals surface area contributed by atoms with Gasteiger partial charge in [0.05, 0.1) is 6.07 Å². The molecule has 1 heterocycles. The van der Waals surface area contributed by atoms with Gasteiger partial charge in [-0.1, -0.05) is 49.6 Å². The van der Waals surface area contributed by atoms with Gasteiger partial charge < -0.3 is 4.90 Å². The molecule has 21 heavy (non-hydrogen) atoms. The number of carbonyl (C=O) groups excluding carboxylic acids is 1. The van der Waals surface area contributed by atoms with Crippen LogP contribution in [0.25, 0.3) is 0 Å². The van der Waals surface area contributed by atoms with E-state index in [9.17, 15) is 10.1 Å². The molecule has 1 aliphatic carbocycles. The molecule has 2 fully saturated rings. The molecule has 2 aliphatic rings. The van der Waals surface area contributed by atoms with E-state index in [4.69, 9.17) is 0 Å². The smallest absolute Gasteiger partial charge is 0.244 e. The van der Waals surface area contributed by atoms with Gasteiger partial charge in [-0.25, -0.2) is 0 Å². The summed E-state index contributed by atoms with van der Waals surface area (Å²) in [6, 6.07) is 11.6. The maximum atomic E-state index is 12.7. The molecule has 0 spiro atoms. The summed E-state index contributed by atoms with van der Waals surface area (Å²) in [6.45, 7) is 1.68. The highest BCUT2D eigenvalue weighted by atomic mass is 16.2. The summed E-state index contributed by atoms with van der Waals surface area (Å²) in [7, 11) is 0. The number of benzene rings is 1. The van der Waals surface area contributed by atoms with Gasteiger partial charge in [-0.05, 0) is 30.2 Å². The van der Waals surface area contributed by atoms with Crippen LogP contribution in [0.5, 0.6) is 0 Å². The van der Waals surface area contributed by atoms with Gasteiger partial charge in [0.15, 0.2) is 0 Å². The summed E-state index contributed by atoms with van der Waals surface area (Å²) in [4.78, 5) is 14.6. The molecule has 1 aliphatic heterocycles. The Kier molecular flexibility index (Phi) is 4.24. The van der Waals surface area contributed by atoms with Gasteiger partial charge in [-0.2, -0.15) is 5.26 Å². The van der Waals surface area contributed by atoms with E-state index >= 15 is 0 Å². The van der Waals surface area contributed by atoms with Crippen molar-refractivity contribution in [3.8, 4) is 6.07 Å². The Morgan fingerprint density at radius 3 is 2.57 bits per heavy atom. The molecule has 110 valence electrons. The fourth-order valence-corrected chi connectivity index (χ4v) is 3.90. The van der Waals surface area contributed by atoms with Crippen LogP contribution in [0.3, 0.4) is 0 Å². The molecule has 0 radical (unpaired) electrons. The molecule has 3 atom stereocenters. The van der Waals surface area contributed by atoms with Gasteiger partial charge in [0, 0.05) is 13.1 Å². The Labute approximate surface area is 126 Å². The number of fused-ring (bicyclic) bond motifs is 1. The molecule has 3 unspecified atom stereocenters. The van der Waals surface area contributed by atoms with E-state index in [1.807, 2.05) is 35.2 Å². The third-order valence-electron chi connectivity index (χ3n) is 5.11. The Hall–Kier alpha value is -1.82. The van der Waals surface area contributed by atoms with Crippen LogP contribution in [-0.2, 0) is 4.79 Å². The third-order valence-corrected chi connectivity index (χ3v) is 5.11. The second-order valence-electron chi connectivity index (χ2n) is 6.35. The van der Waals surface area contributed by atoms with Crippen molar-refractivity contribution in [1.82, 2.24) is 4.90 Å². The molecule has 3 heteroatoms. The molecule has 3 rings (SSSR count). The van der Waals surface area contributed by atoms with Gasteiger partial charge in [0.2, 0.25) is 5.91 Å². The van der Waals surface area contributed by atoms with Crippen molar-refractivity contribution in [2.45, 2.75) is 38.0 Å². The second kappa shape index (κ2) is 6.30. The fraction of sp³-hybridized carbons (Fsp3) is 0.556. The van der Waals surface area contributed by atoms with E-state index in [0.29, 0.717) is 5.92 Å². The SMILES string of the molecule is N#CC(C(=O)N1CCC2CCCCC2C1)c1ccccc1. The predicted molar refractivity (Wildman–Crippen MR) is 81.4 cm³/mol. The molecule has 1 aromatic carbocycles. The Morgan fingerprint density at radius 1 is 1.14 bits per heavy atom. The van der Waals surface area contributed by atoms with Crippen LogP contribution in [-0.4, -0.2) is 23.9 Å². The minimum absolute atomic E-state index is 0.00674. The Bertz CT molecular complexity index is 534. The minimum Gasteiger partial charge on any atom is -0.341 e. The molecule has 1 saturated heterocycles. The Morgan fingerprint density at radius 2 is 1.86 bits per heavy atom. The normalized spacial score (nSPS) is 26.5. The number of nitriles is 1. The first-order valence-corrected chi connectivity index (χ1v) is 8.03. The summed E-state index contributed by atoms with van der Waals surface area (Å²) in [5, 5.41) is 9.42. The maximum absolute atomic E-state index is 12.7. The summed E-state index contributed by atoms with van der Waals surface area (Å²) in [6.07, 6.45) is 6.33. The average molecular weight is 282 g/mol. The lowest BCUT2D eigenvalue weighted by Crippen LogP contribution is -2.46. The lowest BCUT2D eigenvalue weighted by molar-refractivity contribution is -0.134. The highest BCUT2D eigenvalue weighted by molar-refractivity contribution is 5.86. The number of piperidine rings is 1. The second-order valence-corrected chi connectivity index (χ2v) is 6.35. The van der Waals surface area contributed by atoms with Crippen LogP contribution in [0.1, 0.15) is 43.6 Å². The zero-order valence-electron chi connectivity index (χ0n) is 12.4. The molecule has 1 aromatic rings. The number of amides is 1. The van der Waals surface area contributed by atoms with Gasteiger partial charge in [-0.3, -0.25) is 4.79 Å². The topological polar surface area (TPSA) is 44.1 Å². The van der Waals surface area contributed by atoms with Gasteiger partial charge >= 0.3 is 0 Å². The van der Waals surface area contributed by atoms with Crippen LogP contribution in [0.4, 0.5) is 0 Å². The van der Waals surface area contributed by atoms with Crippen LogP contribution >= 0.6 is 0 Å². The number of hydrogen-bond acceptors (Lipinski definition) is 2. The lowest BCUT2D eigenvalue weighted by Gasteiger charge is -2.41. The van der Waals surface area contributed by atoms with Crippen molar-refractivity contribution < 1.29 is 4.79 Å². The van der Waals surface area contributed by atoms with Crippen LogP contribution in [0.15, 0.2) is 30.3 Å². The first-order valence-electron chi connectivity index (χ1n) is 8.03. The third kappa shape index (κ3) is 2.95. The van der Waals surface area contributed by atoms with Crippen molar-refractivity contribution in [3.63, 3.8) is 0 Å². The highest BCUT2D eigenvalue weighted by Gasteiger charge is 2.35. The summed E-state index contributed by atoms with van der Waals surface area (Å²) in [5.74, 6) is 0.811. The Balaban J connectivity index is 1.71. The number of nitrogens with zero attached hydrogens (tertiary/aromatic N) is 2. The van der Waals surface area contributed by atoms with Gasteiger partial charge in [0.1, 0.15) is 5.92 Å². The van der Waals surface area contributed by atoms with Crippen LogP contribution in [0, 0.1) is 23.2 Å². The first-order chi connectivity index (χ1) is 10.3. The zero-order valence-corrected chi connectivity index (χ0v) is 12.4. The monoisotopic (exact) mass is 282 g/mol. The molecule has 1 saturated carbocycles. The largest absolute Gasteiger partial charge is 0.341 e. The molecule has 0 aromatic heterocycles. The molecule has 0 N–H and O–H groups in total. The van der Waals surface area contributed by atoms with Crippen molar-refractivity contribution in [2.75, 3.05) is 13.1 Å². The van der Waals surface area contributed by atoms with Gasteiger partial charge in [0.25, 0.3) is 0 Å². The van der Waals surface area contributed by atoms with Gasteiger partial charge in [-0.15, -0.1) is 0 Å². The van der Waals surface area contributed by atoms with E-state index in [2.05, 4.69) is 6.07 Å². The summed E-state index contributed by atoms with van der Waals surface area (Å²) < 4.78 is 0. The van der Waals surface area contributed by atoms with E-state index in [-0.39, 0.29) is 5.91 Å². The average Bonchev–Trinajstić information content (AvgIpc) is 2.56. The van der Waals surface area contributed by atoms with E-state index in [0.717, 1.165) is 31.0 Å². The lowest BCUT2D eigenvalue weighted by atomic mass is 9.75. The van der Waals surface area contributed by atoms with Crippen LogP contribution < -0.4 is 0 Å². The van der Waals surface area contributed by atoms with E-state index in [1.54, 1.807) is 0 Å².